The Kier molecular flexibility index (Phi) is 7.65. The van der Waals surface area contributed by atoms with Gasteiger partial charge in [0, 0.05) is 62.2 Å². The molecule has 9 nitrogen and oxygen atoms in total. The van der Waals surface area contributed by atoms with Crippen LogP contribution in [0, 0.1) is 12.3 Å². The molecule has 1 aromatic carbocycles. The Morgan fingerprint density at radius 2 is 2.09 bits per heavy atom. The van der Waals surface area contributed by atoms with Crippen molar-refractivity contribution in [1.82, 2.24) is 14.9 Å². The predicted octanol–water partition coefficient (Wildman–Crippen LogP) is 2.23. The number of anilines is 2. The molecule has 1 atom stereocenters. The van der Waals surface area contributed by atoms with E-state index in [2.05, 4.69) is 18.4 Å². The van der Waals surface area contributed by atoms with Crippen molar-refractivity contribution in [3.63, 3.8) is 0 Å². The molecule has 4 rings (SSSR count). The summed E-state index contributed by atoms with van der Waals surface area (Å²) in [5.41, 5.74) is 11.9. The lowest BCUT2D eigenvalue weighted by Crippen LogP contribution is -2.49. The van der Waals surface area contributed by atoms with E-state index in [1.807, 2.05) is 12.1 Å². The summed E-state index contributed by atoms with van der Waals surface area (Å²) < 4.78 is 5.81. The van der Waals surface area contributed by atoms with E-state index in [1.54, 1.807) is 4.90 Å². The molecule has 0 radical (unpaired) electrons. The van der Waals surface area contributed by atoms with Crippen molar-refractivity contribution in [2.45, 2.75) is 38.5 Å². The zero-order valence-corrected chi connectivity index (χ0v) is 20.3. The summed E-state index contributed by atoms with van der Waals surface area (Å²) in [4.78, 5) is 25.6. The predicted molar refractivity (Wildman–Crippen MR) is 136 cm³/mol. The Morgan fingerprint density at radius 3 is 2.77 bits per heavy atom. The lowest BCUT2D eigenvalue weighted by Gasteiger charge is -2.37. The number of amides is 1. The molecule has 2 heterocycles. The number of aliphatic hydroxyl groups excluding tert-OH is 1. The molecule has 1 aromatic heterocycles. The van der Waals surface area contributed by atoms with Crippen molar-refractivity contribution >= 4 is 23.6 Å². The Labute approximate surface area is 206 Å². The normalized spacial score (nSPS) is 17.6. The molecule has 9 heteroatoms. The average molecular weight is 479 g/mol. The first kappa shape index (κ1) is 24.7. The first-order chi connectivity index (χ1) is 17.0. The molecule has 35 heavy (non-hydrogen) atoms. The number of aryl methyl sites for hydroxylation is 1. The van der Waals surface area contributed by atoms with E-state index in [4.69, 9.17) is 31.0 Å². The summed E-state index contributed by atoms with van der Waals surface area (Å²) >= 11 is 0. The van der Waals surface area contributed by atoms with Gasteiger partial charge in [-0.15, -0.1) is 0 Å². The molecule has 2 aromatic rings. The molecule has 1 fully saturated rings. The molecule has 4 N–H and O–H groups in total. The van der Waals surface area contributed by atoms with Crippen LogP contribution in [0.4, 0.5) is 11.5 Å². The standard InChI is InChI=1S/C26H34N6O3/c1-3-23(34)31-9-11-32(12-10-31)25-19-7-6-18(24-17(2)5-8-21(28)20(24)16-27)15-22(19)29-26(30-25)35-14-4-13-33/h3,5,8,16,18,27,33H,1,4,6-7,9-15,28H2,2H3. The fourth-order valence-electron chi connectivity index (χ4n) is 5.11. The van der Waals surface area contributed by atoms with E-state index >= 15 is 0 Å². The number of ether oxygens (including phenoxy) is 1. The molecule has 0 saturated carbocycles. The highest BCUT2D eigenvalue weighted by Crippen LogP contribution is 2.39. The summed E-state index contributed by atoms with van der Waals surface area (Å²) in [6.07, 6.45) is 5.65. The maximum absolute atomic E-state index is 12.0. The van der Waals surface area contributed by atoms with E-state index in [-0.39, 0.29) is 18.4 Å². The molecule has 1 unspecified atom stereocenters. The number of aromatic nitrogens is 2. The molecular formula is C26H34N6O3. The van der Waals surface area contributed by atoms with Crippen molar-refractivity contribution in [3.8, 4) is 6.01 Å². The van der Waals surface area contributed by atoms with Gasteiger partial charge in [-0.25, -0.2) is 0 Å². The third-order valence-corrected chi connectivity index (χ3v) is 6.92. The fourth-order valence-corrected chi connectivity index (χ4v) is 5.11. The molecule has 1 aliphatic heterocycles. The zero-order valence-electron chi connectivity index (χ0n) is 20.3. The molecule has 1 saturated heterocycles. The number of carbonyl (C=O) groups is 1. The van der Waals surface area contributed by atoms with Gasteiger partial charge in [0.15, 0.2) is 0 Å². The summed E-state index contributed by atoms with van der Waals surface area (Å²) in [5, 5.41) is 17.1. The maximum atomic E-state index is 12.0. The van der Waals surface area contributed by atoms with Crippen LogP contribution < -0.4 is 15.4 Å². The van der Waals surface area contributed by atoms with Gasteiger partial charge in [0.25, 0.3) is 0 Å². The molecule has 0 bridgehead atoms. The SMILES string of the molecule is C=CC(=O)N1CCN(c2nc(OCCCO)nc3c2CCC(c2c(C)ccc(N)c2C=N)C3)CC1. The van der Waals surface area contributed by atoms with Crippen molar-refractivity contribution in [3.05, 3.63) is 52.7 Å². The third-order valence-electron chi connectivity index (χ3n) is 6.92. The average Bonchev–Trinajstić information content (AvgIpc) is 2.88. The van der Waals surface area contributed by atoms with Crippen LogP contribution in [-0.4, -0.2) is 71.5 Å². The maximum Gasteiger partial charge on any atom is 0.318 e. The minimum Gasteiger partial charge on any atom is -0.463 e. The van der Waals surface area contributed by atoms with Crippen molar-refractivity contribution < 1.29 is 14.6 Å². The van der Waals surface area contributed by atoms with Gasteiger partial charge >= 0.3 is 6.01 Å². The second-order valence-electron chi connectivity index (χ2n) is 9.08. The van der Waals surface area contributed by atoms with Crippen LogP contribution in [0.5, 0.6) is 6.01 Å². The summed E-state index contributed by atoms with van der Waals surface area (Å²) in [6, 6.07) is 4.20. The molecule has 2 aliphatic rings. The minimum atomic E-state index is -0.0512. The van der Waals surface area contributed by atoms with Crippen molar-refractivity contribution in [2.75, 3.05) is 50.0 Å². The zero-order chi connectivity index (χ0) is 24.9. The number of nitrogens with two attached hydrogens (primary N) is 1. The second kappa shape index (κ2) is 10.9. The summed E-state index contributed by atoms with van der Waals surface area (Å²) in [5.74, 6) is 1.01. The van der Waals surface area contributed by atoms with Gasteiger partial charge in [-0.1, -0.05) is 12.6 Å². The Hall–Kier alpha value is -3.46. The lowest BCUT2D eigenvalue weighted by molar-refractivity contribution is -0.126. The number of rotatable bonds is 8. The van der Waals surface area contributed by atoms with Gasteiger partial charge in [0.1, 0.15) is 5.82 Å². The number of nitrogens with one attached hydrogen (secondary N) is 1. The number of fused-ring (bicyclic) bond motifs is 1. The van der Waals surface area contributed by atoms with Crippen LogP contribution in [0.25, 0.3) is 0 Å². The monoisotopic (exact) mass is 478 g/mol. The molecule has 186 valence electrons. The van der Waals surface area contributed by atoms with E-state index in [0.717, 1.165) is 46.6 Å². The van der Waals surface area contributed by atoms with Gasteiger partial charge in [-0.05, 0) is 55.4 Å². The Balaban J connectivity index is 1.66. The number of hydrogen-bond acceptors (Lipinski definition) is 8. The van der Waals surface area contributed by atoms with Gasteiger partial charge in [0.05, 0.1) is 12.3 Å². The number of aliphatic hydroxyl groups is 1. The molecular weight excluding hydrogens is 444 g/mol. The highest BCUT2D eigenvalue weighted by atomic mass is 16.5. The quantitative estimate of drug-likeness (QED) is 0.230. The van der Waals surface area contributed by atoms with Gasteiger partial charge in [-0.2, -0.15) is 9.97 Å². The fraction of sp³-hybridized carbons (Fsp3) is 0.462. The van der Waals surface area contributed by atoms with E-state index in [0.29, 0.717) is 57.3 Å². The van der Waals surface area contributed by atoms with Crippen LogP contribution in [0.15, 0.2) is 24.8 Å². The van der Waals surface area contributed by atoms with Crippen LogP contribution in [0.1, 0.15) is 46.7 Å². The topological polar surface area (TPSA) is 129 Å². The van der Waals surface area contributed by atoms with Crippen LogP contribution >= 0.6 is 0 Å². The highest BCUT2D eigenvalue weighted by Gasteiger charge is 2.31. The Morgan fingerprint density at radius 1 is 1.31 bits per heavy atom. The van der Waals surface area contributed by atoms with Gasteiger partial charge < -0.3 is 30.8 Å². The first-order valence-corrected chi connectivity index (χ1v) is 12.2. The molecule has 0 spiro atoms. The second-order valence-corrected chi connectivity index (χ2v) is 9.08. The minimum absolute atomic E-state index is 0.0419. The van der Waals surface area contributed by atoms with E-state index in [9.17, 15) is 4.79 Å². The number of hydrogen-bond donors (Lipinski definition) is 3. The Bertz CT molecular complexity index is 1110. The van der Waals surface area contributed by atoms with Crippen LogP contribution in [0.3, 0.4) is 0 Å². The van der Waals surface area contributed by atoms with Crippen molar-refractivity contribution in [2.24, 2.45) is 0 Å². The number of benzene rings is 1. The highest BCUT2D eigenvalue weighted by molar-refractivity contribution is 5.88. The van der Waals surface area contributed by atoms with Gasteiger partial charge in [-0.3, -0.25) is 4.79 Å². The molecule has 1 aliphatic carbocycles. The molecule has 1 amide bonds. The third kappa shape index (κ3) is 5.14. The number of nitrogens with zero attached hydrogens (tertiary/aromatic N) is 4. The van der Waals surface area contributed by atoms with Gasteiger partial charge in [0.2, 0.25) is 5.91 Å². The van der Waals surface area contributed by atoms with E-state index in [1.165, 1.54) is 12.3 Å². The summed E-state index contributed by atoms with van der Waals surface area (Å²) in [7, 11) is 0. The number of piperazine rings is 1. The summed E-state index contributed by atoms with van der Waals surface area (Å²) in [6.45, 7) is 8.61. The van der Waals surface area contributed by atoms with Crippen molar-refractivity contribution in [1.29, 1.82) is 5.41 Å². The first-order valence-electron chi connectivity index (χ1n) is 12.2. The lowest BCUT2D eigenvalue weighted by atomic mass is 9.78. The van der Waals surface area contributed by atoms with Crippen LogP contribution in [-0.2, 0) is 17.6 Å². The number of nitrogen functional groups attached to an aromatic ring is 1. The van der Waals surface area contributed by atoms with E-state index < -0.39 is 0 Å². The largest absolute Gasteiger partial charge is 0.463 e. The smallest absolute Gasteiger partial charge is 0.318 e. The number of carbonyl (C=O) groups excluding carboxylic acids is 1. The van der Waals surface area contributed by atoms with Crippen LogP contribution in [0.2, 0.25) is 0 Å².